The van der Waals surface area contributed by atoms with E-state index in [-0.39, 0.29) is 0 Å². The number of rotatable bonds is 7. The molecule has 0 fully saturated rings. The standard InChI is InChI=1S/C8H17ClS/c1-2-3-4-5-6-7-8-10-9/h2-8H2,1H3. The predicted octanol–water partition coefficient (Wildman–Crippen LogP) is 4.23. The molecule has 0 aromatic rings. The van der Waals surface area contributed by atoms with Crippen LogP contribution in [0.3, 0.4) is 0 Å². The second-order valence-electron chi connectivity index (χ2n) is 2.58. The highest BCUT2D eigenvalue weighted by Crippen LogP contribution is 2.11. The topological polar surface area (TPSA) is 0 Å². The minimum atomic E-state index is 1.12. The number of hydrogen-bond donors (Lipinski definition) is 0. The first-order valence-electron chi connectivity index (χ1n) is 4.15. The van der Waals surface area contributed by atoms with Gasteiger partial charge in [0.1, 0.15) is 0 Å². The third-order valence-electron chi connectivity index (χ3n) is 1.58. The number of hydrogen-bond acceptors (Lipinski definition) is 1. The molecule has 62 valence electrons. The Bertz CT molecular complexity index is 49.2. The summed E-state index contributed by atoms with van der Waals surface area (Å²) in [5.41, 5.74) is 0. The fourth-order valence-corrected chi connectivity index (χ4v) is 1.58. The Morgan fingerprint density at radius 3 is 2.20 bits per heavy atom. The summed E-state index contributed by atoms with van der Waals surface area (Å²) in [5, 5.41) is 0. The van der Waals surface area contributed by atoms with Gasteiger partial charge in [-0.25, -0.2) is 0 Å². The van der Waals surface area contributed by atoms with Crippen LogP contribution in [0.25, 0.3) is 0 Å². The van der Waals surface area contributed by atoms with Gasteiger partial charge < -0.3 is 0 Å². The molecule has 0 spiro atoms. The lowest BCUT2D eigenvalue weighted by Crippen LogP contribution is -1.79. The molecular formula is C8H17ClS. The molecule has 0 saturated heterocycles. The third-order valence-corrected chi connectivity index (χ3v) is 2.48. The summed E-state index contributed by atoms with van der Waals surface area (Å²) in [5.74, 6) is 1.12. The molecule has 0 bridgehead atoms. The van der Waals surface area contributed by atoms with E-state index in [1.54, 1.807) is 0 Å². The number of halogens is 1. The van der Waals surface area contributed by atoms with Gasteiger partial charge in [-0.05, 0) is 17.1 Å². The molecule has 0 N–H and O–H groups in total. The molecule has 0 nitrogen and oxygen atoms in total. The average Bonchev–Trinajstić information content (AvgIpc) is 1.97. The third kappa shape index (κ3) is 8.64. The van der Waals surface area contributed by atoms with Crippen molar-refractivity contribution in [3.05, 3.63) is 0 Å². The van der Waals surface area contributed by atoms with E-state index in [9.17, 15) is 0 Å². The van der Waals surface area contributed by atoms with Crippen LogP contribution in [0, 0.1) is 0 Å². The molecule has 0 radical (unpaired) electrons. The van der Waals surface area contributed by atoms with E-state index < -0.39 is 0 Å². The molecule has 2 heteroatoms. The van der Waals surface area contributed by atoms with Gasteiger partial charge in [0, 0.05) is 5.75 Å². The number of unbranched alkanes of at least 4 members (excludes halogenated alkanes) is 5. The van der Waals surface area contributed by atoms with Crippen molar-refractivity contribution in [2.45, 2.75) is 45.4 Å². The minimum absolute atomic E-state index is 1.12. The van der Waals surface area contributed by atoms with Crippen molar-refractivity contribution in [3.8, 4) is 0 Å². The molecule has 0 aliphatic rings. The lowest BCUT2D eigenvalue weighted by atomic mass is 10.1. The zero-order valence-corrected chi connectivity index (χ0v) is 8.31. The Morgan fingerprint density at radius 1 is 1.00 bits per heavy atom. The van der Waals surface area contributed by atoms with Gasteiger partial charge in [0.15, 0.2) is 0 Å². The van der Waals surface area contributed by atoms with Gasteiger partial charge in [0.2, 0.25) is 0 Å². The zero-order valence-electron chi connectivity index (χ0n) is 6.74. The maximum atomic E-state index is 5.46. The van der Waals surface area contributed by atoms with Crippen molar-refractivity contribution in [1.82, 2.24) is 0 Å². The molecule has 0 aliphatic heterocycles. The van der Waals surface area contributed by atoms with Crippen LogP contribution in [-0.4, -0.2) is 5.75 Å². The van der Waals surface area contributed by atoms with E-state index in [1.165, 1.54) is 49.5 Å². The quantitative estimate of drug-likeness (QED) is 0.529. The van der Waals surface area contributed by atoms with E-state index >= 15 is 0 Å². The Balaban J connectivity index is 2.65. The van der Waals surface area contributed by atoms with Crippen LogP contribution >= 0.6 is 21.7 Å². The van der Waals surface area contributed by atoms with E-state index in [0.717, 1.165) is 5.75 Å². The molecule has 0 heterocycles. The normalized spacial score (nSPS) is 10.2. The van der Waals surface area contributed by atoms with Crippen LogP contribution < -0.4 is 0 Å². The van der Waals surface area contributed by atoms with Crippen LogP contribution in [0.5, 0.6) is 0 Å². The summed E-state index contributed by atoms with van der Waals surface area (Å²) >= 11 is 0. The van der Waals surface area contributed by atoms with Gasteiger partial charge in [-0.3, -0.25) is 0 Å². The summed E-state index contributed by atoms with van der Waals surface area (Å²) in [7, 11) is 6.90. The lowest BCUT2D eigenvalue weighted by Gasteiger charge is -1.96. The van der Waals surface area contributed by atoms with Crippen molar-refractivity contribution >= 4 is 21.7 Å². The molecule has 10 heavy (non-hydrogen) atoms. The first kappa shape index (κ1) is 10.6. The lowest BCUT2D eigenvalue weighted by molar-refractivity contribution is 0.627. The van der Waals surface area contributed by atoms with Crippen LogP contribution in [0.1, 0.15) is 45.4 Å². The Kier molecular flexibility index (Phi) is 10.3. The summed E-state index contributed by atoms with van der Waals surface area (Å²) in [6.45, 7) is 2.24. The second-order valence-corrected chi connectivity index (χ2v) is 3.86. The molecule has 0 aliphatic carbocycles. The van der Waals surface area contributed by atoms with Crippen molar-refractivity contribution in [3.63, 3.8) is 0 Å². The van der Waals surface area contributed by atoms with Crippen molar-refractivity contribution < 1.29 is 0 Å². The van der Waals surface area contributed by atoms with Crippen LogP contribution in [0.15, 0.2) is 0 Å². The van der Waals surface area contributed by atoms with Gasteiger partial charge in [-0.2, -0.15) is 0 Å². The highest BCUT2D eigenvalue weighted by atomic mass is 35.7. The van der Waals surface area contributed by atoms with Crippen LogP contribution in [0.2, 0.25) is 0 Å². The van der Waals surface area contributed by atoms with Gasteiger partial charge in [-0.1, -0.05) is 50.0 Å². The van der Waals surface area contributed by atoms with E-state index in [4.69, 9.17) is 10.7 Å². The van der Waals surface area contributed by atoms with Gasteiger partial charge >= 0.3 is 0 Å². The molecule has 0 saturated carbocycles. The van der Waals surface area contributed by atoms with E-state index in [1.807, 2.05) is 0 Å². The van der Waals surface area contributed by atoms with Crippen LogP contribution in [-0.2, 0) is 0 Å². The maximum Gasteiger partial charge on any atom is 0.00852 e. The van der Waals surface area contributed by atoms with E-state index in [2.05, 4.69) is 6.92 Å². The highest BCUT2D eigenvalue weighted by molar-refractivity contribution is 8.21. The molecule has 0 aromatic carbocycles. The minimum Gasteiger partial charge on any atom is -0.0654 e. The monoisotopic (exact) mass is 180 g/mol. The largest absolute Gasteiger partial charge is 0.0654 e. The molecule has 0 atom stereocenters. The molecule has 0 amide bonds. The Hall–Kier alpha value is 0.640. The maximum absolute atomic E-state index is 5.46. The summed E-state index contributed by atoms with van der Waals surface area (Å²) < 4.78 is 0. The summed E-state index contributed by atoms with van der Waals surface area (Å²) in [6.07, 6.45) is 8.19. The first-order chi connectivity index (χ1) is 4.91. The average molecular weight is 181 g/mol. The van der Waals surface area contributed by atoms with Crippen molar-refractivity contribution in [1.29, 1.82) is 0 Å². The smallest absolute Gasteiger partial charge is 0.00852 e. The summed E-state index contributed by atoms with van der Waals surface area (Å²) in [4.78, 5) is 0. The van der Waals surface area contributed by atoms with Crippen LogP contribution in [0.4, 0.5) is 0 Å². The first-order valence-corrected chi connectivity index (χ1v) is 5.96. The molecular weight excluding hydrogens is 164 g/mol. The Morgan fingerprint density at radius 2 is 1.60 bits per heavy atom. The van der Waals surface area contributed by atoms with E-state index in [0.29, 0.717) is 0 Å². The Labute approximate surface area is 73.2 Å². The highest BCUT2D eigenvalue weighted by Gasteiger charge is 1.88. The second kappa shape index (κ2) is 9.64. The zero-order chi connectivity index (χ0) is 7.66. The summed E-state index contributed by atoms with van der Waals surface area (Å²) in [6, 6.07) is 0. The molecule has 0 rings (SSSR count). The van der Waals surface area contributed by atoms with Crippen molar-refractivity contribution in [2.24, 2.45) is 0 Å². The predicted molar refractivity (Wildman–Crippen MR) is 51.7 cm³/mol. The molecule has 0 unspecified atom stereocenters. The van der Waals surface area contributed by atoms with Gasteiger partial charge in [-0.15, -0.1) is 0 Å². The fraction of sp³-hybridized carbons (Fsp3) is 1.00. The molecule has 0 aromatic heterocycles. The van der Waals surface area contributed by atoms with Crippen molar-refractivity contribution in [2.75, 3.05) is 5.75 Å². The SMILES string of the molecule is CCCCCCCCSCl. The fourth-order valence-electron chi connectivity index (χ4n) is 0.937. The van der Waals surface area contributed by atoms with Gasteiger partial charge in [0.25, 0.3) is 0 Å². The van der Waals surface area contributed by atoms with Gasteiger partial charge in [0.05, 0.1) is 0 Å².